The number of hydrogen-bond acceptors (Lipinski definition) is 3. The van der Waals surface area contributed by atoms with E-state index in [1.807, 2.05) is 0 Å². The maximum absolute atomic E-state index is 13.4. The summed E-state index contributed by atoms with van der Waals surface area (Å²) in [6, 6.07) is 5.68. The van der Waals surface area contributed by atoms with Gasteiger partial charge in [-0.05, 0) is 12.1 Å². The molecule has 1 heterocycles. The first kappa shape index (κ1) is 11.9. The molecule has 2 rings (SSSR count). The highest BCUT2D eigenvalue weighted by atomic mass is 19.1. The molecule has 18 heavy (non-hydrogen) atoms. The van der Waals surface area contributed by atoms with Gasteiger partial charge >= 0.3 is 0 Å². The highest BCUT2D eigenvalue weighted by Gasteiger charge is 2.11. The van der Waals surface area contributed by atoms with E-state index < -0.39 is 23.1 Å². The first-order valence-electron chi connectivity index (χ1n) is 4.88. The zero-order valence-electron chi connectivity index (χ0n) is 8.92. The lowest BCUT2D eigenvalue weighted by Crippen LogP contribution is -1.99. The van der Waals surface area contributed by atoms with Crippen molar-refractivity contribution in [3.63, 3.8) is 0 Å². The largest absolute Gasteiger partial charge is 0.351 e. The van der Waals surface area contributed by atoms with E-state index in [2.05, 4.69) is 10.3 Å². The standard InChI is InChI=1S/C12H6F3N3/c13-7-3-10(14)12(11(15)4-7)18-8-1-2-17-9(5-8)6-16/h1-5H,(H,17,18). The summed E-state index contributed by atoms with van der Waals surface area (Å²) in [5.74, 6) is -3.10. The highest BCUT2D eigenvalue weighted by Crippen LogP contribution is 2.24. The lowest BCUT2D eigenvalue weighted by molar-refractivity contribution is 0.549. The van der Waals surface area contributed by atoms with Crippen molar-refractivity contribution in [2.75, 3.05) is 5.32 Å². The number of nitrogens with one attached hydrogen (secondary N) is 1. The van der Waals surface area contributed by atoms with Crippen molar-refractivity contribution >= 4 is 11.4 Å². The molecule has 0 saturated heterocycles. The third-order valence-corrected chi connectivity index (χ3v) is 2.15. The topological polar surface area (TPSA) is 48.7 Å². The monoisotopic (exact) mass is 249 g/mol. The van der Waals surface area contributed by atoms with E-state index in [0.717, 1.165) is 0 Å². The maximum Gasteiger partial charge on any atom is 0.152 e. The van der Waals surface area contributed by atoms with Crippen LogP contribution in [0.15, 0.2) is 30.5 Å². The molecule has 0 atom stereocenters. The quantitative estimate of drug-likeness (QED) is 0.889. The molecule has 1 aromatic carbocycles. The Morgan fingerprint density at radius 2 is 1.78 bits per heavy atom. The fourth-order valence-corrected chi connectivity index (χ4v) is 1.38. The van der Waals surface area contributed by atoms with Crippen molar-refractivity contribution in [2.45, 2.75) is 0 Å². The molecule has 6 heteroatoms. The molecule has 0 unspecified atom stereocenters. The Bertz CT molecular complexity index is 612. The van der Waals surface area contributed by atoms with Crippen LogP contribution < -0.4 is 5.32 Å². The zero-order chi connectivity index (χ0) is 13.1. The van der Waals surface area contributed by atoms with Gasteiger partial charge in [0.1, 0.15) is 23.3 Å². The van der Waals surface area contributed by atoms with Gasteiger partial charge in [0, 0.05) is 24.0 Å². The number of nitrogens with zero attached hydrogens (tertiary/aromatic N) is 2. The van der Waals surface area contributed by atoms with Crippen LogP contribution in [0.2, 0.25) is 0 Å². The van der Waals surface area contributed by atoms with E-state index in [0.29, 0.717) is 12.1 Å². The molecule has 1 N–H and O–H groups in total. The first-order valence-corrected chi connectivity index (χ1v) is 4.88. The van der Waals surface area contributed by atoms with Gasteiger partial charge < -0.3 is 5.32 Å². The molecule has 0 bridgehead atoms. The number of rotatable bonds is 2. The minimum absolute atomic E-state index is 0.0999. The Kier molecular flexibility index (Phi) is 3.15. The average molecular weight is 249 g/mol. The van der Waals surface area contributed by atoms with Crippen molar-refractivity contribution in [3.05, 3.63) is 53.6 Å². The molecule has 1 aromatic heterocycles. The van der Waals surface area contributed by atoms with Crippen molar-refractivity contribution in [2.24, 2.45) is 0 Å². The molecule has 0 saturated carbocycles. The fraction of sp³-hybridized carbons (Fsp3) is 0. The second kappa shape index (κ2) is 4.75. The van der Waals surface area contributed by atoms with Crippen molar-refractivity contribution < 1.29 is 13.2 Å². The molecule has 0 radical (unpaired) electrons. The third kappa shape index (κ3) is 2.40. The molecule has 2 aromatic rings. The van der Waals surface area contributed by atoms with Gasteiger partial charge in [-0.1, -0.05) is 0 Å². The van der Waals surface area contributed by atoms with Gasteiger partial charge in [-0.2, -0.15) is 5.26 Å². The second-order valence-electron chi connectivity index (χ2n) is 3.41. The Balaban J connectivity index is 2.37. The molecule has 0 aliphatic rings. The van der Waals surface area contributed by atoms with Crippen LogP contribution in [0.1, 0.15) is 5.69 Å². The van der Waals surface area contributed by atoms with Gasteiger partial charge in [0.15, 0.2) is 11.6 Å². The van der Waals surface area contributed by atoms with E-state index in [-0.39, 0.29) is 11.4 Å². The van der Waals surface area contributed by atoms with Gasteiger partial charge in [0.2, 0.25) is 0 Å². The lowest BCUT2D eigenvalue weighted by atomic mass is 10.2. The second-order valence-corrected chi connectivity index (χ2v) is 3.41. The van der Waals surface area contributed by atoms with Gasteiger partial charge in [0.05, 0.1) is 0 Å². The van der Waals surface area contributed by atoms with Crippen LogP contribution in [-0.2, 0) is 0 Å². The number of halogens is 3. The summed E-state index contributed by atoms with van der Waals surface area (Å²) < 4.78 is 39.4. The minimum Gasteiger partial charge on any atom is -0.351 e. The van der Waals surface area contributed by atoms with Crippen LogP contribution in [-0.4, -0.2) is 4.98 Å². The van der Waals surface area contributed by atoms with Crippen molar-refractivity contribution in [3.8, 4) is 6.07 Å². The predicted molar refractivity (Wildman–Crippen MR) is 58.6 cm³/mol. The number of benzene rings is 1. The lowest BCUT2D eigenvalue weighted by Gasteiger charge is -2.08. The Hall–Kier alpha value is -2.55. The van der Waals surface area contributed by atoms with Gasteiger partial charge in [0.25, 0.3) is 0 Å². The molecule has 0 aliphatic heterocycles. The molecule has 0 spiro atoms. The Morgan fingerprint density at radius 3 is 2.39 bits per heavy atom. The van der Waals surface area contributed by atoms with Gasteiger partial charge in [-0.15, -0.1) is 0 Å². The molecule has 0 aliphatic carbocycles. The number of pyridine rings is 1. The number of nitriles is 1. The number of hydrogen-bond donors (Lipinski definition) is 1. The van der Waals surface area contributed by atoms with E-state index in [9.17, 15) is 13.2 Å². The summed E-state index contributed by atoms with van der Waals surface area (Å²) >= 11 is 0. The van der Waals surface area contributed by atoms with Crippen LogP contribution >= 0.6 is 0 Å². The van der Waals surface area contributed by atoms with E-state index >= 15 is 0 Å². The van der Waals surface area contributed by atoms with Crippen LogP contribution in [0, 0.1) is 28.8 Å². The number of anilines is 2. The van der Waals surface area contributed by atoms with Crippen LogP contribution in [0.5, 0.6) is 0 Å². The summed E-state index contributed by atoms with van der Waals surface area (Å²) in [6.45, 7) is 0. The average Bonchev–Trinajstić information content (AvgIpc) is 2.34. The van der Waals surface area contributed by atoms with Crippen LogP contribution in [0.4, 0.5) is 24.5 Å². The SMILES string of the molecule is N#Cc1cc(Nc2c(F)cc(F)cc2F)ccn1. The molecule has 0 amide bonds. The van der Waals surface area contributed by atoms with E-state index in [4.69, 9.17) is 5.26 Å². The third-order valence-electron chi connectivity index (χ3n) is 2.15. The highest BCUT2D eigenvalue weighted by molar-refractivity contribution is 5.61. The normalized spacial score (nSPS) is 9.89. The smallest absolute Gasteiger partial charge is 0.152 e. The molecule has 0 fully saturated rings. The summed E-state index contributed by atoms with van der Waals surface area (Å²) in [5.41, 5.74) is -0.0969. The summed E-state index contributed by atoms with van der Waals surface area (Å²) in [5, 5.41) is 11.1. The van der Waals surface area contributed by atoms with Crippen LogP contribution in [0.3, 0.4) is 0 Å². The molecular formula is C12H6F3N3. The Labute approximate surface area is 101 Å². The zero-order valence-corrected chi connectivity index (χ0v) is 8.92. The van der Waals surface area contributed by atoms with Gasteiger partial charge in [-0.3, -0.25) is 0 Å². The number of aromatic nitrogens is 1. The molecule has 3 nitrogen and oxygen atoms in total. The van der Waals surface area contributed by atoms with E-state index in [1.165, 1.54) is 18.3 Å². The van der Waals surface area contributed by atoms with Crippen molar-refractivity contribution in [1.82, 2.24) is 4.98 Å². The summed E-state index contributed by atoms with van der Waals surface area (Å²) in [6.07, 6.45) is 1.32. The van der Waals surface area contributed by atoms with E-state index in [1.54, 1.807) is 6.07 Å². The Morgan fingerprint density at radius 1 is 1.11 bits per heavy atom. The maximum atomic E-state index is 13.4. The molecule has 90 valence electrons. The molecular weight excluding hydrogens is 243 g/mol. The van der Waals surface area contributed by atoms with Crippen LogP contribution in [0.25, 0.3) is 0 Å². The van der Waals surface area contributed by atoms with Gasteiger partial charge in [-0.25, -0.2) is 18.2 Å². The summed E-state index contributed by atoms with van der Waals surface area (Å²) in [4.78, 5) is 3.71. The summed E-state index contributed by atoms with van der Waals surface area (Å²) in [7, 11) is 0. The minimum atomic E-state index is -1.05. The first-order chi connectivity index (χ1) is 8.60. The van der Waals surface area contributed by atoms with Crippen molar-refractivity contribution in [1.29, 1.82) is 5.26 Å². The predicted octanol–water partition coefficient (Wildman–Crippen LogP) is 3.11. The fourth-order valence-electron chi connectivity index (χ4n) is 1.38.